The summed E-state index contributed by atoms with van der Waals surface area (Å²) in [6, 6.07) is -1.38. The van der Waals surface area contributed by atoms with Gasteiger partial charge in [0.15, 0.2) is 0 Å². The number of nitrogens with one attached hydrogen (secondary N) is 2. The molecule has 2 unspecified atom stereocenters. The Balaban J connectivity index is 4.11. The lowest BCUT2D eigenvalue weighted by molar-refractivity contribution is -0.147. The first-order chi connectivity index (χ1) is 27.3. The number of carboxylic acid groups (broad SMARTS) is 1. The zero-order chi connectivity index (χ0) is 41.2. The Labute approximate surface area is 343 Å². The highest BCUT2D eigenvalue weighted by atomic mass is 16.5. The molecular formula is C47H88N2O7. The van der Waals surface area contributed by atoms with E-state index >= 15 is 0 Å². The molecule has 2 atom stereocenters. The number of esters is 1. The molecular weight excluding hydrogens is 705 g/mol. The highest BCUT2D eigenvalue weighted by Crippen LogP contribution is 2.17. The molecule has 0 saturated heterocycles. The number of hydrogen-bond donors (Lipinski definition) is 4. The van der Waals surface area contributed by atoms with Gasteiger partial charge in [0.2, 0.25) is 11.8 Å². The fraction of sp³-hybridized carbons (Fsp3) is 0.872. The minimum absolute atomic E-state index is 0.0722. The van der Waals surface area contributed by atoms with Crippen molar-refractivity contribution in [3.63, 3.8) is 0 Å². The number of aliphatic hydroxyl groups is 1. The molecule has 0 aromatic rings. The normalized spacial score (nSPS) is 12.5. The van der Waals surface area contributed by atoms with Crippen LogP contribution in [0.1, 0.15) is 239 Å². The van der Waals surface area contributed by atoms with Crippen molar-refractivity contribution in [2.24, 2.45) is 0 Å². The number of carbonyl (C=O) groups is 4. The van der Waals surface area contributed by atoms with Gasteiger partial charge in [-0.05, 0) is 44.6 Å². The number of aliphatic hydroxyl groups excluding tert-OH is 1. The van der Waals surface area contributed by atoms with Crippen LogP contribution in [-0.2, 0) is 23.9 Å². The predicted octanol–water partition coefficient (Wildman–Crippen LogP) is 11.8. The van der Waals surface area contributed by atoms with Gasteiger partial charge in [-0.25, -0.2) is 4.79 Å². The summed E-state index contributed by atoms with van der Waals surface area (Å²) >= 11 is 0. The Morgan fingerprint density at radius 1 is 0.536 bits per heavy atom. The Hall–Kier alpha value is -2.42. The van der Waals surface area contributed by atoms with E-state index in [-0.39, 0.29) is 24.5 Å². The van der Waals surface area contributed by atoms with E-state index in [1.165, 1.54) is 148 Å². The van der Waals surface area contributed by atoms with Crippen molar-refractivity contribution in [2.45, 2.75) is 251 Å². The van der Waals surface area contributed by atoms with Gasteiger partial charge >= 0.3 is 11.9 Å². The zero-order valence-electron chi connectivity index (χ0n) is 36.4. The number of rotatable bonds is 43. The van der Waals surface area contributed by atoms with E-state index in [0.717, 1.165) is 57.8 Å². The molecule has 0 aliphatic rings. The first-order valence-corrected chi connectivity index (χ1v) is 23.6. The van der Waals surface area contributed by atoms with Crippen LogP contribution in [0.2, 0.25) is 0 Å². The third-order valence-corrected chi connectivity index (χ3v) is 10.7. The summed E-state index contributed by atoms with van der Waals surface area (Å²) in [4.78, 5) is 47.5. The van der Waals surface area contributed by atoms with E-state index in [1.54, 1.807) is 0 Å². The van der Waals surface area contributed by atoms with Crippen LogP contribution in [0.25, 0.3) is 0 Å². The monoisotopic (exact) mass is 793 g/mol. The SMILES string of the molecule is CCCCCCCC/C=C\C(CCCCCCCCC(=O)NCC(=O)NC(CO)C(=O)O)OC(=O)CCCCCCCCCCCCCCCCCCCCC. The van der Waals surface area contributed by atoms with Crippen LogP contribution in [0.4, 0.5) is 0 Å². The Morgan fingerprint density at radius 2 is 0.946 bits per heavy atom. The molecule has 0 saturated carbocycles. The summed E-state index contributed by atoms with van der Waals surface area (Å²) in [6.07, 6.45) is 45.6. The topological polar surface area (TPSA) is 142 Å². The smallest absolute Gasteiger partial charge is 0.328 e. The summed E-state index contributed by atoms with van der Waals surface area (Å²) in [5, 5.41) is 22.5. The van der Waals surface area contributed by atoms with Gasteiger partial charge in [0.05, 0.1) is 13.2 Å². The van der Waals surface area contributed by atoms with Gasteiger partial charge in [0.25, 0.3) is 0 Å². The van der Waals surface area contributed by atoms with Crippen molar-refractivity contribution in [3.05, 3.63) is 12.2 Å². The maximum Gasteiger partial charge on any atom is 0.328 e. The maximum absolute atomic E-state index is 12.8. The van der Waals surface area contributed by atoms with Gasteiger partial charge in [-0.15, -0.1) is 0 Å². The fourth-order valence-electron chi connectivity index (χ4n) is 7.10. The van der Waals surface area contributed by atoms with Crippen LogP contribution in [0.3, 0.4) is 0 Å². The lowest BCUT2D eigenvalue weighted by Gasteiger charge is -2.15. The largest absolute Gasteiger partial charge is 0.480 e. The number of aliphatic carboxylic acids is 1. The first-order valence-electron chi connectivity index (χ1n) is 23.6. The third kappa shape index (κ3) is 38.5. The number of carboxylic acids is 1. The van der Waals surface area contributed by atoms with Crippen molar-refractivity contribution >= 4 is 23.8 Å². The number of carbonyl (C=O) groups excluding carboxylic acids is 3. The summed E-state index contributed by atoms with van der Waals surface area (Å²) in [6.45, 7) is 3.49. The second-order valence-electron chi connectivity index (χ2n) is 16.2. The standard InChI is InChI=1S/C47H88N2O7/c1-3-5-7-9-11-13-14-15-16-17-18-19-20-21-22-23-25-31-35-39-46(53)56-42(36-32-28-24-12-10-8-6-4-2)37-33-29-26-27-30-34-38-44(51)48-40-45(52)49-43(41-50)47(54)55/h32,36,42-43,50H,3-31,33-35,37-41H2,1-2H3,(H,48,51)(H,49,52)(H,54,55)/b36-32-. The molecule has 0 aliphatic carbocycles. The second kappa shape index (κ2) is 42.2. The van der Waals surface area contributed by atoms with E-state index in [0.29, 0.717) is 19.3 Å². The molecule has 0 spiro atoms. The Kier molecular flexibility index (Phi) is 40.4. The molecule has 328 valence electrons. The van der Waals surface area contributed by atoms with Crippen LogP contribution in [-0.4, -0.2) is 59.3 Å². The minimum Gasteiger partial charge on any atom is -0.480 e. The van der Waals surface area contributed by atoms with E-state index in [4.69, 9.17) is 14.9 Å². The molecule has 0 aromatic heterocycles. The highest BCUT2D eigenvalue weighted by Gasteiger charge is 2.18. The van der Waals surface area contributed by atoms with E-state index in [1.807, 2.05) is 0 Å². The number of ether oxygens (including phenoxy) is 1. The van der Waals surface area contributed by atoms with Crippen molar-refractivity contribution in [1.29, 1.82) is 0 Å². The zero-order valence-corrected chi connectivity index (χ0v) is 36.4. The van der Waals surface area contributed by atoms with Crippen LogP contribution in [0, 0.1) is 0 Å². The van der Waals surface area contributed by atoms with E-state index in [2.05, 4.69) is 36.6 Å². The van der Waals surface area contributed by atoms with Gasteiger partial charge in [0, 0.05) is 12.8 Å². The molecule has 56 heavy (non-hydrogen) atoms. The molecule has 0 radical (unpaired) electrons. The van der Waals surface area contributed by atoms with Gasteiger partial charge < -0.3 is 25.6 Å². The summed E-state index contributed by atoms with van der Waals surface area (Å²) in [5.41, 5.74) is 0. The molecule has 4 N–H and O–H groups in total. The number of unbranched alkanes of at least 4 members (excludes halogenated alkanes) is 29. The molecule has 0 rings (SSSR count). The molecule has 0 heterocycles. The minimum atomic E-state index is -1.38. The van der Waals surface area contributed by atoms with Crippen LogP contribution in [0.15, 0.2) is 12.2 Å². The first kappa shape index (κ1) is 53.6. The lowest BCUT2D eigenvalue weighted by Crippen LogP contribution is -2.47. The van der Waals surface area contributed by atoms with Crippen molar-refractivity contribution < 1.29 is 34.1 Å². The number of allylic oxidation sites excluding steroid dienone is 1. The lowest BCUT2D eigenvalue weighted by atomic mass is 10.0. The fourth-order valence-corrected chi connectivity index (χ4v) is 7.10. The van der Waals surface area contributed by atoms with Crippen molar-refractivity contribution in [1.82, 2.24) is 10.6 Å². The quantitative estimate of drug-likeness (QED) is 0.0273. The predicted molar refractivity (Wildman–Crippen MR) is 232 cm³/mol. The molecule has 0 aromatic carbocycles. The van der Waals surface area contributed by atoms with Crippen LogP contribution in [0.5, 0.6) is 0 Å². The van der Waals surface area contributed by atoms with Crippen molar-refractivity contribution in [2.75, 3.05) is 13.2 Å². The molecule has 9 nitrogen and oxygen atoms in total. The highest BCUT2D eigenvalue weighted by molar-refractivity contribution is 5.87. The number of hydrogen-bond acceptors (Lipinski definition) is 6. The van der Waals surface area contributed by atoms with Gasteiger partial charge in [-0.1, -0.05) is 193 Å². The van der Waals surface area contributed by atoms with Crippen LogP contribution < -0.4 is 10.6 Å². The average molecular weight is 793 g/mol. The molecule has 0 bridgehead atoms. The van der Waals surface area contributed by atoms with Gasteiger partial charge in [-0.3, -0.25) is 14.4 Å². The maximum atomic E-state index is 12.8. The third-order valence-electron chi connectivity index (χ3n) is 10.7. The summed E-state index contributed by atoms with van der Waals surface area (Å²) in [7, 11) is 0. The second-order valence-corrected chi connectivity index (χ2v) is 16.2. The average Bonchev–Trinajstić information content (AvgIpc) is 3.18. The van der Waals surface area contributed by atoms with Crippen LogP contribution >= 0.6 is 0 Å². The Morgan fingerprint density at radius 3 is 1.39 bits per heavy atom. The molecule has 2 amide bonds. The molecule has 0 fully saturated rings. The Bertz CT molecular complexity index is 957. The van der Waals surface area contributed by atoms with Gasteiger partial charge in [0.1, 0.15) is 12.1 Å². The summed E-state index contributed by atoms with van der Waals surface area (Å²) < 4.78 is 5.96. The van der Waals surface area contributed by atoms with Gasteiger partial charge in [-0.2, -0.15) is 0 Å². The molecule has 0 aliphatic heterocycles. The van der Waals surface area contributed by atoms with E-state index < -0.39 is 24.5 Å². The molecule has 9 heteroatoms. The van der Waals surface area contributed by atoms with E-state index in [9.17, 15) is 19.2 Å². The number of amides is 2. The summed E-state index contributed by atoms with van der Waals surface area (Å²) in [5.74, 6) is -2.31. The van der Waals surface area contributed by atoms with Crippen molar-refractivity contribution in [3.8, 4) is 0 Å².